The summed E-state index contributed by atoms with van der Waals surface area (Å²) >= 11 is 0. The molecule has 2 aromatic rings. The minimum atomic E-state index is -0.482. The predicted molar refractivity (Wildman–Crippen MR) is 100 cm³/mol. The van der Waals surface area contributed by atoms with Gasteiger partial charge in [-0.15, -0.1) is 0 Å². The molecule has 27 heavy (non-hydrogen) atoms. The van der Waals surface area contributed by atoms with Gasteiger partial charge in [0.2, 0.25) is 11.8 Å². The fourth-order valence-corrected chi connectivity index (χ4v) is 2.95. The summed E-state index contributed by atoms with van der Waals surface area (Å²) in [5, 5.41) is 5.63. The Hall–Kier alpha value is -3.09. The molecule has 0 radical (unpaired) electrons. The molecule has 142 valence electrons. The summed E-state index contributed by atoms with van der Waals surface area (Å²) < 4.78 is 18.5. The second-order valence-corrected chi connectivity index (χ2v) is 6.36. The molecule has 0 aromatic heterocycles. The van der Waals surface area contributed by atoms with Crippen LogP contribution in [0.4, 0.5) is 10.1 Å². The van der Waals surface area contributed by atoms with E-state index in [0.29, 0.717) is 25.2 Å². The van der Waals surface area contributed by atoms with Crippen molar-refractivity contribution in [3.8, 4) is 5.75 Å². The summed E-state index contributed by atoms with van der Waals surface area (Å²) in [7, 11) is 1.40. The number of carbonyl (C=O) groups excluding carboxylic acids is 2. The Labute approximate surface area is 157 Å². The van der Waals surface area contributed by atoms with Crippen LogP contribution in [0, 0.1) is 5.82 Å². The van der Waals surface area contributed by atoms with Crippen molar-refractivity contribution >= 4 is 17.5 Å². The highest BCUT2D eigenvalue weighted by atomic mass is 19.1. The van der Waals surface area contributed by atoms with E-state index in [1.54, 1.807) is 6.07 Å². The molecule has 1 aliphatic heterocycles. The van der Waals surface area contributed by atoms with Crippen molar-refractivity contribution in [2.45, 2.75) is 13.0 Å². The molecule has 0 bridgehead atoms. The van der Waals surface area contributed by atoms with Crippen molar-refractivity contribution in [3.63, 3.8) is 0 Å². The van der Waals surface area contributed by atoms with Crippen LogP contribution in [-0.2, 0) is 22.6 Å². The van der Waals surface area contributed by atoms with Crippen LogP contribution in [0.15, 0.2) is 42.5 Å². The number of halogens is 1. The van der Waals surface area contributed by atoms with Gasteiger partial charge in [0.1, 0.15) is 0 Å². The monoisotopic (exact) mass is 371 g/mol. The van der Waals surface area contributed by atoms with E-state index in [1.807, 2.05) is 29.2 Å². The van der Waals surface area contributed by atoms with Crippen LogP contribution in [0.2, 0.25) is 0 Å². The van der Waals surface area contributed by atoms with E-state index >= 15 is 0 Å². The van der Waals surface area contributed by atoms with Crippen LogP contribution in [0.25, 0.3) is 0 Å². The third-order valence-electron chi connectivity index (χ3n) is 4.41. The molecule has 1 heterocycles. The molecule has 0 atom stereocenters. The van der Waals surface area contributed by atoms with Crippen molar-refractivity contribution in [3.05, 3.63) is 59.4 Å². The van der Waals surface area contributed by atoms with Crippen molar-refractivity contribution in [1.82, 2.24) is 10.6 Å². The van der Waals surface area contributed by atoms with E-state index in [-0.39, 0.29) is 24.0 Å². The average molecular weight is 371 g/mol. The van der Waals surface area contributed by atoms with Crippen LogP contribution >= 0.6 is 0 Å². The Bertz CT molecular complexity index is 824. The first-order valence-electron chi connectivity index (χ1n) is 8.75. The highest BCUT2D eigenvalue weighted by Gasteiger charge is 2.16. The normalized spacial score (nSPS) is 13.9. The number of carbonyl (C=O) groups is 2. The maximum Gasteiger partial charge on any atom is 0.239 e. The molecule has 0 unspecified atom stereocenters. The van der Waals surface area contributed by atoms with Crippen molar-refractivity contribution in [1.29, 1.82) is 0 Å². The maximum atomic E-state index is 13.7. The fourth-order valence-electron chi connectivity index (χ4n) is 2.95. The summed E-state index contributed by atoms with van der Waals surface area (Å²) in [6.45, 7) is 2.16. The van der Waals surface area contributed by atoms with Crippen LogP contribution in [0.5, 0.6) is 5.75 Å². The van der Waals surface area contributed by atoms with Gasteiger partial charge in [0.25, 0.3) is 0 Å². The Kier molecular flexibility index (Phi) is 5.90. The standard InChI is InChI=1S/C20H22FN3O3/c1-27-18-7-4-15(10-17(18)21)11-19(25)23-12-14-2-5-16(6-3-14)24-9-8-22-20(26)13-24/h2-7,10H,8-9,11-13H2,1H3,(H,22,26)(H,23,25). The van der Waals surface area contributed by atoms with Gasteiger partial charge in [-0.25, -0.2) is 4.39 Å². The van der Waals surface area contributed by atoms with Gasteiger partial charge in [0.15, 0.2) is 11.6 Å². The van der Waals surface area contributed by atoms with E-state index in [1.165, 1.54) is 19.2 Å². The SMILES string of the molecule is COc1ccc(CC(=O)NCc2ccc(N3CCNC(=O)C3)cc2)cc1F. The molecule has 1 aliphatic rings. The molecule has 0 spiro atoms. The van der Waals surface area contributed by atoms with Crippen LogP contribution in [0.1, 0.15) is 11.1 Å². The van der Waals surface area contributed by atoms with E-state index in [9.17, 15) is 14.0 Å². The number of ether oxygens (including phenoxy) is 1. The van der Waals surface area contributed by atoms with E-state index < -0.39 is 5.82 Å². The summed E-state index contributed by atoms with van der Waals surface area (Å²) in [4.78, 5) is 25.6. The molecule has 7 heteroatoms. The van der Waals surface area contributed by atoms with Gasteiger partial charge in [0, 0.05) is 25.3 Å². The minimum absolute atomic E-state index is 0.0209. The van der Waals surface area contributed by atoms with E-state index in [0.717, 1.165) is 17.8 Å². The van der Waals surface area contributed by atoms with Gasteiger partial charge in [-0.3, -0.25) is 9.59 Å². The molecule has 2 aromatic carbocycles. The number of anilines is 1. The molecule has 1 saturated heterocycles. The summed E-state index contributed by atoms with van der Waals surface area (Å²) in [6, 6.07) is 12.2. The lowest BCUT2D eigenvalue weighted by atomic mass is 10.1. The largest absolute Gasteiger partial charge is 0.494 e. The molecule has 0 aliphatic carbocycles. The zero-order valence-electron chi connectivity index (χ0n) is 15.1. The molecule has 3 rings (SSSR count). The first kappa shape index (κ1) is 18.7. The van der Waals surface area contributed by atoms with Gasteiger partial charge in [-0.2, -0.15) is 0 Å². The molecule has 0 saturated carbocycles. The van der Waals surface area contributed by atoms with Crippen molar-refractivity contribution < 1.29 is 18.7 Å². The molecule has 2 N–H and O–H groups in total. The fraction of sp³-hybridized carbons (Fsp3) is 0.300. The highest BCUT2D eigenvalue weighted by molar-refractivity contribution is 5.82. The van der Waals surface area contributed by atoms with Crippen molar-refractivity contribution in [2.75, 3.05) is 31.6 Å². The van der Waals surface area contributed by atoms with Crippen LogP contribution in [0.3, 0.4) is 0 Å². The lowest BCUT2D eigenvalue weighted by Crippen LogP contribution is -2.47. The second kappa shape index (κ2) is 8.53. The van der Waals surface area contributed by atoms with Gasteiger partial charge in [-0.1, -0.05) is 18.2 Å². The first-order chi connectivity index (χ1) is 13.0. The summed E-state index contributed by atoms with van der Waals surface area (Å²) in [6.07, 6.45) is 0.0991. The number of nitrogens with one attached hydrogen (secondary N) is 2. The number of hydrogen-bond acceptors (Lipinski definition) is 4. The number of rotatable bonds is 6. The van der Waals surface area contributed by atoms with Crippen LogP contribution < -0.4 is 20.3 Å². The quantitative estimate of drug-likeness (QED) is 0.810. The van der Waals surface area contributed by atoms with Gasteiger partial charge in [-0.05, 0) is 35.4 Å². The third kappa shape index (κ3) is 4.97. The number of hydrogen-bond donors (Lipinski definition) is 2. The van der Waals surface area contributed by atoms with Gasteiger partial charge < -0.3 is 20.3 Å². The number of benzene rings is 2. The molecular weight excluding hydrogens is 349 g/mol. The smallest absolute Gasteiger partial charge is 0.239 e. The first-order valence-corrected chi connectivity index (χ1v) is 8.75. The van der Waals surface area contributed by atoms with E-state index in [4.69, 9.17) is 4.74 Å². The minimum Gasteiger partial charge on any atom is -0.494 e. The lowest BCUT2D eigenvalue weighted by molar-refractivity contribution is -0.121. The maximum absolute atomic E-state index is 13.7. The number of piperazine rings is 1. The molecule has 1 fully saturated rings. The molecule has 6 nitrogen and oxygen atoms in total. The lowest BCUT2D eigenvalue weighted by Gasteiger charge is -2.28. The number of amides is 2. The Balaban J connectivity index is 1.51. The van der Waals surface area contributed by atoms with Gasteiger partial charge >= 0.3 is 0 Å². The average Bonchev–Trinajstić information content (AvgIpc) is 2.67. The summed E-state index contributed by atoms with van der Waals surface area (Å²) in [5.41, 5.74) is 2.52. The summed E-state index contributed by atoms with van der Waals surface area (Å²) in [5.74, 6) is -0.487. The van der Waals surface area contributed by atoms with E-state index in [2.05, 4.69) is 10.6 Å². The molecular formula is C20H22FN3O3. The van der Waals surface area contributed by atoms with Crippen LogP contribution in [-0.4, -0.2) is 38.6 Å². The highest BCUT2D eigenvalue weighted by Crippen LogP contribution is 2.18. The zero-order valence-corrected chi connectivity index (χ0v) is 15.1. The Morgan fingerprint density at radius 3 is 2.63 bits per heavy atom. The van der Waals surface area contributed by atoms with Crippen molar-refractivity contribution in [2.24, 2.45) is 0 Å². The zero-order chi connectivity index (χ0) is 19.2. The molecule has 2 amide bonds. The topological polar surface area (TPSA) is 70.7 Å². The second-order valence-electron chi connectivity index (χ2n) is 6.36. The third-order valence-corrected chi connectivity index (χ3v) is 4.41. The Morgan fingerprint density at radius 1 is 1.22 bits per heavy atom. The predicted octanol–water partition coefficient (Wildman–Crippen LogP) is 1.63. The van der Waals surface area contributed by atoms with Gasteiger partial charge in [0.05, 0.1) is 20.1 Å². The number of nitrogens with zero attached hydrogens (tertiary/aromatic N) is 1. The Morgan fingerprint density at radius 2 is 1.96 bits per heavy atom. The number of methoxy groups -OCH3 is 1.